The molecular weight excluding hydrogens is 350 g/mol. The van der Waals surface area contributed by atoms with Crippen molar-refractivity contribution in [1.29, 1.82) is 0 Å². The van der Waals surface area contributed by atoms with Crippen LogP contribution in [0.3, 0.4) is 0 Å². The first kappa shape index (κ1) is 14.4. The highest BCUT2D eigenvalue weighted by Gasteiger charge is 2.18. The van der Waals surface area contributed by atoms with Gasteiger partial charge in [0, 0.05) is 17.3 Å². The lowest BCUT2D eigenvalue weighted by atomic mass is 10.2. The molecule has 2 aromatic rings. The SMILES string of the molecule is O=C(Nc1ccc(Cl)cc1[N+](=O)[O-])c1cccnc1Br. The molecule has 1 heterocycles. The largest absolute Gasteiger partial charge is 0.316 e. The molecule has 1 N–H and O–H groups in total. The van der Waals surface area contributed by atoms with Gasteiger partial charge in [0.2, 0.25) is 0 Å². The molecule has 1 amide bonds. The van der Waals surface area contributed by atoms with E-state index in [1.165, 1.54) is 24.4 Å². The number of nitro benzene ring substituents is 1. The van der Waals surface area contributed by atoms with Crippen molar-refractivity contribution >= 4 is 44.8 Å². The van der Waals surface area contributed by atoms with Crippen LogP contribution in [0.2, 0.25) is 5.02 Å². The smallest absolute Gasteiger partial charge is 0.294 e. The van der Waals surface area contributed by atoms with E-state index in [-0.39, 0.29) is 22.0 Å². The molecule has 0 aliphatic rings. The third-order valence-electron chi connectivity index (χ3n) is 2.41. The first-order valence-corrected chi connectivity index (χ1v) is 6.52. The number of carbonyl (C=O) groups is 1. The molecule has 2 rings (SSSR count). The van der Waals surface area contributed by atoms with Gasteiger partial charge in [-0.1, -0.05) is 11.6 Å². The first-order valence-electron chi connectivity index (χ1n) is 5.35. The second-order valence-electron chi connectivity index (χ2n) is 3.71. The summed E-state index contributed by atoms with van der Waals surface area (Å²) in [6.07, 6.45) is 1.52. The zero-order valence-corrected chi connectivity index (χ0v) is 12.2. The Morgan fingerprint density at radius 1 is 1.40 bits per heavy atom. The Balaban J connectivity index is 2.33. The third-order valence-corrected chi connectivity index (χ3v) is 3.28. The van der Waals surface area contributed by atoms with Crippen LogP contribution in [0.4, 0.5) is 11.4 Å². The quantitative estimate of drug-likeness (QED) is 0.516. The van der Waals surface area contributed by atoms with Crippen LogP contribution in [0.15, 0.2) is 41.1 Å². The molecular formula is C12H7BrClN3O3. The van der Waals surface area contributed by atoms with Crippen LogP contribution in [-0.4, -0.2) is 15.8 Å². The normalized spacial score (nSPS) is 10.1. The Bertz CT molecular complexity index is 693. The predicted octanol–water partition coefficient (Wildman–Crippen LogP) is 3.66. The van der Waals surface area contributed by atoms with Crippen LogP contribution >= 0.6 is 27.5 Å². The van der Waals surface area contributed by atoms with Crippen molar-refractivity contribution in [2.45, 2.75) is 0 Å². The number of nitrogens with one attached hydrogen (secondary N) is 1. The summed E-state index contributed by atoms with van der Waals surface area (Å²) in [5.74, 6) is -0.504. The number of rotatable bonds is 3. The van der Waals surface area contributed by atoms with Gasteiger partial charge in [0.15, 0.2) is 0 Å². The van der Waals surface area contributed by atoms with Gasteiger partial charge in [0.1, 0.15) is 10.3 Å². The highest BCUT2D eigenvalue weighted by molar-refractivity contribution is 9.10. The number of anilines is 1. The molecule has 0 saturated carbocycles. The lowest BCUT2D eigenvalue weighted by molar-refractivity contribution is -0.383. The zero-order valence-electron chi connectivity index (χ0n) is 9.84. The van der Waals surface area contributed by atoms with Crippen LogP contribution in [0.5, 0.6) is 0 Å². The van der Waals surface area contributed by atoms with Crippen molar-refractivity contribution in [2.75, 3.05) is 5.32 Å². The van der Waals surface area contributed by atoms with Crippen molar-refractivity contribution in [3.63, 3.8) is 0 Å². The number of hydrogen-bond donors (Lipinski definition) is 1. The van der Waals surface area contributed by atoms with E-state index in [1.54, 1.807) is 12.1 Å². The molecule has 0 bridgehead atoms. The summed E-state index contributed by atoms with van der Waals surface area (Å²) in [4.78, 5) is 26.3. The molecule has 0 aliphatic carbocycles. The van der Waals surface area contributed by atoms with Crippen molar-refractivity contribution in [3.05, 3.63) is 61.8 Å². The van der Waals surface area contributed by atoms with E-state index in [0.717, 1.165) is 0 Å². The minimum Gasteiger partial charge on any atom is -0.316 e. The number of aromatic nitrogens is 1. The molecule has 0 radical (unpaired) electrons. The summed E-state index contributed by atoms with van der Waals surface area (Å²) in [6.45, 7) is 0. The van der Waals surface area contributed by atoms with Gasteiger partial charge in [0.05, 0.1) is 10.5 Å². The number of pyridine rings is 1. The van der Waals surface area contributed by atoms with E-state index >= 15 is 0 Å². The zero-order chi connectivity index (χ0) is 14.7. The number of benzene rings is 1. The molecule has 1 aromatic carbocycles. The van der Waals surface area contributed by atoms with Gasteiger partial charge in [-0.2, -0.15) is 0 Å². The third kappa shape index (κ3) is 3.12. The van der Waals surface area contributed by atoms with Crippen LogP contribution in [-0.2, 0) is 0 Å². The number of nitro groups is 1. The molecule has 0 aliphatic heterocycles. The molecule has 0 atom stereocenters. The van der Waals surface area contributed by atoms with E-state index in [4.69, 9.17) is 11.6 Å². The molecule has 0 saturated heterocycles. The average molecular weight is 357 g/mol. The van der Waals surface area contributed by atoms with Crippen LogP contribution < -0.4 is 5.32 Å². The lowest BCUT2D eigenvalue weighted by Crippen LogP contribution is -2.14. The average Bonchev–Trinajstić information content (AvgIpc) is 2.41. The minimum absolute atomic E-state index is 0.0696. The lowest BCUT2D eigenvalue weighted by Gasteiger charge is -2.07. The Hall–Kier alpha value is -1.99. The fourth-order valence-corrected chi connectivity index (χ4v) is 2.10. The predicted molar refractivity (Wildman–Crippen MR) is 78.0 cm³/mol. The van der Waals surface area contributed by atoms with Crippen molar-refractivity contribution < 1.29 is 9.72 Å². The minimum atomic E-state index is -0.611. The van der Waals surface area contributed by atoms with Crippen molar-refractivity contribution in [2.24, 2.45) is 0 Å². The maximum Gasteiger partial charge on any atom is 0.294 e. The fraction of sp³-hybridized carbons (Fsp3) is 0. The second-order valence-corrected chi connectivity index (χ2v) is 4.90. The van der Waals surface area contributed by atoms with Gasteiger partial charge < -0.3 is 5.32 Å². The molecule has 6 nitrogen and oxygen atoms in total. The highest BCUT2D eigenvalue weighted by atomic mass is 79.9. The molecule has 20 heavy (non-hydrogen) atoms. The Kier molecular flexibility index (Phi) is 4.31. The Morgan fingerprint density at radius 3 is 2.80 bits per heavy atom. The molecule has 0 fully saturated rings. The standard InChI is InChI=1S/C12H7BrClN3O3/c13-11-8(2-1-5-15-11)12(18)16-9-4-3-7(14)6-10(9)17(19)20/h1-6H,(H,16,18). The van der Waals surface area contributed by atoms with Gasteiger partial charge in [-0.25, -0.2) is 4.98 Å². The number of hydrogen-bond acceptors (Lipinski definition) is 4. The maximum atomic E-state index is 12.1. The van der Waals surface area contributed by atoms with Crippen LogP contribution in [0, 0.1) is 10.1 Å². The topological polar surface area (TPSA) is 85.1 Å². The number of amides is 1. The number of carbonyl (C=O) groups excluding carboxylic acids is 1. The molecule has 1 aromatic heterocycles. The number of halogens is 2. The molecule has 8 heteroatoms. The van der Waals surface area contributed by atoms with E-state index in [9.17, 15) is 14.9 Å². The van der Waals surface area contributed by atoms with Crippen molar-refractivity contribution in [1.82, 2.24) is 4.98 Å². The van der Waals surface area contributed by atoms with E-state index in [0.29, 0.717) is 4.60 Å². The highest BCUT2D eigenvalue weighted by Crippen LogP contribution is 2.28. The fourth-order valence-electron chi connectivity index (χ4n) is 1.51. The summed E-state index contributed by atoms with van der Waals surface area (Å²) in [5.41, 5.74) is 0.0720. The summed E-state index contributed by atoms with van der Waals surface area (Å²) in [7, 11) is 0. The molecule has 0 spiro atoms. The van der Waals surface area contributed by atoms with Gasteiger partial charge in [-0.05, 0) is 40.2 Å². The van der Waals surface area contributed by atoms with E-state index in [2.05, 4.69) is 26.2 Å². The second kappa shape index (κ2) is 5.98. The van der Waals surface area contributed by atoms with Crippen LogP contribution in [0.1, 0.15) is 10.4 Å². The van der Waals surface area contributed by atoms with Gasteiger partial charge in [-0.15, -0.1) is 0 Å². The van der Waals surface area contributed by atoms with E-state index in [1.807, 2.05) is 0 Å². The molecule has 102 valence electrons. The van der Waals surface area contributed by atoms with Crippen molar-refractivity contribution in [3.8, 4) is 0 Å². The number of nitrogens with zero attached hydrogens (tertiary/aromatic N) is 2. The van der Waals surface area contributed by atoms with Gasteiger partial charge >= 0.3 is 0 Å². The summed E-state index contributed by atoms with van der Waals surface area (Å²) < 4.78 is 0.356. The van der Waals surface area contributed by atoms with E-state index < -0.39 is 10.8 Å². The Labute approximate surface area is 127 Å². The van der Waals surface area contributed by atoms with Gasteiger partial charge in [0.25, 0.3) is 11.6 Å². The maximum absolute atomic E-state index is 12.1. The monoisotopic (exact) mass is 355 g/mol. The van der Waals surface area contributed by atoms with Crippen LogP contribution in [0.25, 0.3) is 0 Å². The summed E-state index contributed by atoms with van der Waals surface area (Å²) in [5, 5.41) is 13.6. The Morgan fingerprint density at radius 2 is 2.15 bits per heavy atom. The summed E-state index contributed by atoms with van der Waals surface area (Å²) in [6, 6.07) is 7.16. The molecule has 0 unspecified atom stereocenters. The summed E-state index contributed by atoms with van der Waals surface area (Å²) >= 11 is 8.85. The van der Waals surface area contributed by atoms with Gasteiger partial charge in [-0.3, -0.25) is 14.9 Å². The first-order chi connectivity index (χ1) is 9.49.